The number of anilines is 1. The van der Waals surface area contributed by atoms with E-state index in [1.165, 1.54) is 31.5 Å². The van der Waals surface area contributed by atoms with E-state index in [1.54, 1.807) is 0 Å². The molecule has 0 aliphatic carbocycles. The lowest BCUT2D eigenvalue weighted by atomic mass is 10.1. The minimum Gasteiger partial charge on any atom is -0.326 e. The fourth-order valence-electron chi connectivity index (χ4n) is 2.26. The first kappa shape index (κ1) is 13.6. The van der Waals surface area contributed by atoms with Crippen molar-refractivity contribution in [3.8, 4) is 0 Å². The smallest absolute Gasteiger partial charge is 0.225 e. The van der Waals surface area contributed by atoms with Gasteiger partial charge in [-0.25, -0.2) is 0 Å². The van der Waals surface area contributed by atoms with Crippen molar-refractivity contribution in [1.82, 2.24) is 4.90 Å². The molecule has 0 spiro atoms. The van der Waals surface area contributed by atoms with Gasteiger partial charge in [0.1, 0.15) is 0 Å². The molecule has 98 valence electrons. The van der Waals surface area contributed by atoms with E-state index in [9.17, 15) is 4.79 Å². The summed E-state index contributed by atoms with van der Waals surface area (Å²) in [4.78, 5) is 14.1. The summed E-state index contributed by atoms with van der Waals surface area (Å²) in [6.45, 7) is 3.28. The molecular weight excluding hydrogens is 292 g/mol. The summed E-state index contributed by atoms with van der Waals surface area (Å²) in [5.41, 5.74) is 2.16. The van der Waals surface area contributed by atoms with Gasteiger partial charge in [0, 0.05) is 24.0 Å². The number of alkyl halides is 1. The predicted molar refractivity (Wildman–Crippen MR) is 78.0 cm³/mol. The first-order valence-electron chi connectivity index (χ1n) is 6.45. The van der Waals surface area contributed by atoms with Crippen molar-refractivity contribution in [1.29, 1.82) is 0 Å². The largest absolute Gasteiger partial charge is 0.326 e. The van der Waals surface area contributed by atoms with Crippen molar-refractivity contribution < 1.29 is 4.79 Å². The van der Waals surface area contributed by atoms with Gasteiger partial charge >= 0.3 is 0 Å². The molecule has 0 aromatic heterocycles. The van der Waals surface area contributed by atoms with Crippen LogP contribution in [0.5, 0.6) is 0 Å². The number of carbonyl (C=O) groups excluding carboxylic acids is 1. The van der Waals surface area contributed by atoms with Crippen LogP contribution in [-0.2, 0) is 11.3 Å². The lowest BCUT2D eigenvalue weighted by molar-refractivity contribution is -0.115. The molecule has 1 heterocycles. The van der Waals surface area contributed by atoms with Crippen molar-refractivity contribution in [2.24, 2.45) is 0 Å². The van der Waals surface area contributed by atoms with Gasteiger partial charge in [-0.1, -0.05) is 34.1 Å². The number of amides is 1. The fraction of sp³-hybridized carbons (Fsp3) is 0.500. The van der Waals surface area contributed by atoms with Gasteiger partial charge in [-0.2, -0.15) is 0 Å². The predicted octanol–water partition coefficient (Wildman–Crippen LogP) is 3.01. The van der Waals surface area contributed by atoms with E-state index in [0.717, 1.165) is 12.2 Å². The third-order valence-electron chi connectivity index (χ3n) is 3.21. The SMILES string of the molecule is O=C(CCBr)Nc1ccccc1CN1CCCC1. The Hall–Kier alpha value is -0.870. The summed E-state index contributed by atoms with van der Waals surface area (Å²) >= 11 is 3.28. The lowest BCUT2D eigenvalue weighted by Gasteiger charge is -2.17. The molecule has 0 saturated carbocycles. The van der Waals surface area contributed by atoms with Gasteiger partial charge in [0.2, 0.25) is 5.91 Å². The topological polar surface area (TPSA) is 32.3 Å². The normalized spacial score (nSPS) is 15.8. The highest BCUT2D eigenvalue weighted by Gasteiger charge is 2.14. The summed E-state index contributed by atoms with van der Waals surface area (Å²) in [6, 6.07) is 8.09. The number of nitrogens with one attached hydrogen (secondary N) is 1. The maximum Gasteiger partial charge on any atom is 0.225 e. The minimum absolute atomic E-state index is 0.0701. The molecule has 2 rings (SSSR count). The van der Waals surface area contributed by atoms with E-state index < -0.39 is 0 Å². The van der Waals surface area contributed by atoms with Gasteiger partial charge in [0.25, 0.3) is 0 Å². The van der Waals surface area contributed by atoms with E-state index in [1.807, 2.05) is 18.2 Å². The molecule has 1 aliphatic rings. The molecular formula is C14H19BrN2O. The number of likely N-dealkylation sites (tertiary alicyclic amines) is 1. The highest BCUT2D eigenvalue weighted by Crippen LogP contribution is 2.20. The molecule has 0 bridgehead atoms. The molecule has 1 aliphatic heterocycles. The monoisotopic (exact) mass is 310 g/mol. The molecule has 0 atom stereocenters. The minimum atomic E-state index is 0.0701. The Morgan fingerprint density at radius 2 is 2.00 bits per heavy atom. The quantitative estimate of drug-likeness (QED) is 0.848. The Morgan fingerprint density at radius 1 is 1.28 bits per heavy atom. The second-order valence-corrected chi connectivity index (χ2v) is 5.42. The highest BCUT2D eigenvalue weighted by atomic mass is 79.9. The number of hydrogen-bond acceptors (Lipinski definition) is 2. The standard InChI is InChI=1S/C14H19BrN2O/c15-8-7-14(18)16-13-6-2-1-5-12(13)11-17-9-3-4-10-17/h1-2,5-6H,3-4,7-11H2,(H,16,18). The van der Waals surface area contributed by atoms with Gasteiger partial charge in [0.15, 0.2) is 0 Å². The van der Waals surface area contributed by atoms with Gasteiger partial charge < -0.3 is 5.32 Å². The molecule has 3 nitrogen and oxygen atoms in total. The number of halogens is 1. The number of hydrogen-bond donors (Lipinski definition) is 1. The molecule has 1 N–H and O–H groups in total. The molecule has 1 fully saturated rings. The average Bonchev–Trinajstić information content (AvgIpc) is 2.85. The van der Waals surface area contributed by atoms with Crippen LogP contribution in [-0.4, -0.2) is 29.2 Å². The third-order valence-corrected chi connectivity index (χ3v) is 3.60. The van der Waals surface area contributed by atoms with Crippen LogP contribution in [0.3, 0.4) is 0 Å². The second kappa shape index (κ2) is 6.90. The zero-order valence-corrected chi connectivity index (χ0v) is 12.1. The van der Waals surface area contributed by atoms with Crippen LogP contribution in [0.2, 0.25) is 0 Å². The second-order valence-electron chi connectivity index (χ2n) is 4.63. The van der Waals surface area contributed by atoms with Crippen LogP contribution in [0.1, 0.15) is 24.8 Å². The van der Waals surface area contributed by atoms with E-state index >= 15 is 0 Å². The van der Waals surface area contributed by atoms with E-state index in [4.69, 9.17) is 0 Å². The Balaban J connectivity index is 2.02. The number of carbonyl (C=O) groups is 1. The average molecular weight is 311 g/mol. The Bertz CT molecular complexity index is 403. The van der Waals surface area contributed by atoms with Crippen molar-refractivity contribution in [3.63, 3.8) is 0 Å². The Morgan fingerprint density at radius 3 is 2.72 bits per heavy atom. The summed E-state index contributed by atoms with van der Waals surface area (Å²) in [6.07, 6.45) is 3.09. The van der Waals surface area contributed by atoms with Crippen LogP contribution >= 0.6 is 15.9 Å². The number of nitrogens with zero attached hydrogens (tertiary/aromatic N) is 1. The zero-order chi connectivity index (χ0) is 12.8. The number of rotatable bonds is 5. The molecule has 1 aromatic rings. The van der Waals surface area contributed by atoms with Gasteiger partial charge in [-0.3, -0.25) is 9.69 Å². The zero-order valence-electron chi connectivity index (χ0n) is 10.5. The maximum atomic E-state index is 11.6. The van der Waals surface area contributed by atoms with Crippen LogP contribution in [0.15, 0.2) is 24.3 Å². The Labute approximate surface area is 117 Å². The van der Waals surface area contributed by atoms with E-state index in [0.29, 0.717) is 11.8 Å². The molecule has 18 heavy (non-hydrogen) atoms. The third kappa shape index (κ3) is 3.82. The van der Waals surface area contributed by atoms with Crippen LogP contribution in [0, 0.1) is 0 Å². The van der Waals surface area contributed by atoms with Crippen molar-refractivity contribution in [2.45, 2.75) is 25.8 Å². The number of para-hydroxylation sites is 1. The van der Waals surface area contributed by atoms with Gasteiger partial charge in [-0.15, -0.1) is 0 Å². The summed E-state index contributed by atoms with van der Waals surface area (Å²) < 4.78 is 0. The first-order chi connectivity index (χ1) is 8.79. The van der Waals surface area contributed by atoms with E-state index in [2.05, 4.69) is 32.2 Å². The molecule has 1 amide bonds. The van der Waals surface area contributed by atoms with Crippen molar-refractivity contribution in [3.05, 3.63) is 29.8 Å². The first-order valence-corrected chi connectivity index (χ1v) is 7.58. The van der Waals surface area contributed by atoms with Crippen LogP contribution in [0.4, 0.5) is 5.69 Å². The maximum absolute atomic E-state index is 11.6. The molecule has 1 saturated heterocycles. The lowest BCUT2D eigenvalue weighted by Crippen LogP contribution is -2.20. The molecule has 0 radical (unpaired) electrons. The van der Waals surface area contributed by atoms with Crippen LogP contribution < -0.4 is 5.32 Å². The number of benzene rings is 1. The van der Waals surface area contributed by atoms with Gasteiger partial charge in [-0.05, 0) is 37.6 Å². The van der Waals surface area contributed by atoms with E-state index in [-0.39, 0.29) is 5.91 Å². The fourth-order valence-corrected chi connectivity index (χ4v) is 2.62. The summed E-state index contributed by atoms with van der Waals surface area (Å²) in [5.74, 6) is 0.0701. The highest BCUT2D eigenvalue weighted by molar-refractivity contribution is 9.09. The molecule has 4 heteroatoms. The van der Waals surface area contributed by atoms with Crippen molar-refractivity contribution in [2.75, 3.05) is 23.7 Å². The van der Waals surface area contributed by atoms with Gasteiger partial charge in [0.05, 0.1) is 0 Å². The molecule has 0 unspecified atom stereocenters. The van der Waals surface area contributed by atoms with Crippen LogP contribution in [0.25, 0.3) is 0 Å². The summed E-state index contributed by atoms with van der Waals surface area (Å²) in [7, 11) is 0. The molecule has 1 aromatic carbocycles. The Kier molecular flexibility index (Phi) is 5.20. The van der Waals surface area contributed by atoms with Crippen molar-refractivity contribution >= 4 is 27.5 Å². The summed E-state index contributed by atoms with van der Waals surface area (Å²) in [5, 5.41) is 3.69.